The van der Waals surface area contributed by atoms with Gasteiger partial charge >= 0.3 is 0 Å². The standard InChI is InChI=1S/C14H18N2O2S2/c1-9(2)12(6-17)16-13(18)5-11-8-20-14(15-11)10-3-4-19-7-10/h3-4,7-9,12,17H,5-6H2,1-2H3,(H,16,18). The van der Waals surface area contributed by atoms with Gasteiger partial charge in [-0.2, -0.15) is 11.3 Å². The molecule has 0 radical (unpaired) electrons. The van der Waals surface area contributed by atoms with Crippen molar-refractivity contribution in [3.05, 3.63) is 27.9 Å². The number of thiazole rings is 1. The third-order valence-corrected chi connectivity index (χ3v) is 4.63. The second-order valence-corrected chi connectivity index (χ2v) is 6.57. The summed E-state index contributed by atoms with van der Waals surface area (Å²) >= 11 is 3.18. The van der Waals surface area contributed by atoms with Crippen LogP contribution in [0.3, 0.4) is 0 Å². The summed E-state index contributed by atoms with van der Waals surface area (Å²) in [5.74, 6) is 0.112. The second-order valence-electron chi connectivity index (χ2n) is 4.93. The van der Waals surface area contributed by atoms with Gasteiger partial charge in [0, 0.05) is 16.3 Å². The summed E-state index contributed by atoms with van der Waals surface area (Å²) in [7, 11) is 0. The fourth-order valence-corrected chi connectivity index (χ4v) is 3.28. The number of hydrogen-bond donors (Lipinski definition) is 2. The predicted molar refractivity (Wildman–Crippen MR) is 83.0 cm³/mol. The number of aliphatic hydroxyl groups is 1. The van der Waals surface area contributed by atoms with E-state index in [1.165, 1.54) is 0 Å². The Labute approximate surface area is 126 Å². The van der Waals surface area contributed by atoms with Crippen molar-refractivity contribution in [2.75, 3.05) is 6.61 Å². The van der Waals surface area contributed by atoms with Crippen LogP contribution in [0.5, 0.6) is 0 Å². The maximum absolute atomic E-state index is 11.9. The Morgan fingerprint density at radius 1 is 1.45 bits per heavy atom. The quantitative estimate of drug-likeness (QED) is 0.862. The van der Waals surface area contributed by atoms with Crippen molar-refractivity contribution in [1.82, 2.24) is 10.3 Å². The number of carbonyl (C=O) groups is 1. The van der Waals surface area contributed by atoms with Crippen LogP contribution in [0, 0.1) is 5.92 Å². The van der Waals surface area contributed by atoms with Gasteiger partial charge in [0.15, 0.2) is 0 Å². The van der Waals surface area contributed by atoms with Crippen molar-refractivity contribution in [2.45, 2.75) is 26.3 Å². The Bertz CT molecular complexity index is 549. The van der Waals surface area contributed by atoms with Gasteiger partial charge in [-0.1, -0.05) is 13.8 Å². The van der Waals surface area contributed by atoms with E-state index in [-0.39, 0.29) is 30.9 Å². The lowest BCUT2D eigenvalue weighted by Crippen LogP contribution is -2.41. The molecule has 0 fully saturated rings. The normalized spacial score (nSPS) is 12.6. The first-order valence-electron chi connectivity index (χ1n) is 6.47. The lowest BCUT2D eigenvalue weighted by molar-refractivity contribution is -0.121. The van der Waals surface area contributed by atoms with Gasteiger partial charge in [0.25, 0.3) is 0 Å². The van der Waals surface area contributed by atoms with E-state index >= 15 is 0 Å². The molecule has 4 nitrogen and oxygen atoms in total. The summed E-state index contributed by atoms with van der Waals surface area (Å²) in [6.45, 7) is 3.90. The largest absolute Gasteiger partial charge is 0.394 e. The van der Waals surface area contributed by atoms with E-state index in [4.69, 9.17) is 0 Å². The average Bonchev–Trinajstić information content (AvgIpc) is 3.05. The molecule has 1 unspecified atom stereocenters. The zero-order valence-electron chi connectivity index (χ0n) is 11.5. The molecule has 0 aromatic carbocycles. The molecule has 6 heteroatoms. The summed E-state index contributed by atoms with van der Waals surface area (Å²) in [5, 5.41) is 19.0. The number of amides is 1. The number of rotatable bonds is 6. The van der Waals surface area contributed by atoms with Crippen LogP contribution in [0.25, 0.3) is 10.6 Å². The third-order valence-electron chi connectivity index (χ3n) is 3.01. The second kappa shape index (κ2) is 6.97. The summed E-state index contributed by atoms with van der Waals surface area (Å²) in [4.78, 5) is 16.4. The van der Waals surface area contributed by atoms with E-state index in [0.29, 0.717) is 0 Å². The molecule has 0 saturated carbocycles. The monoisotopic (exact) mass is 310 g/mol. The van der Waals surface area contributed by atoms with Gasteiger partial charge in [-0.25, -0.2) is 4.98 Å². The SMILES string of the molecule is CC(C)C(CO)NC(=O)Cc1csc(-c2ccsc2)n1. The summed E-state index contributed by atoms with van der Waals surface area (Å²) in [6.07, 6.45) is 0.254. The van der Waals surface area contributed by atoms with Crippen LogP contribution in [0.1, 0.15) is 19.5 Å². The van der Waals surface area contributed by atoms with Gasteiger partial charge in [-0.05, 0) is 17.4 Å². The minimum atomic E-state index is -0.197. The fourth-order valence-electron chi connectivity index (χ4n) is 1.75. The van der Waals surface area contributed by atoms with Crippen LogP contribution in [-0.2, 0) is 11.2 Å². The Morgan fingerprint density at radius 3 is 2.85 bits per heavy atom. The molecule has 0 bridgehead atoms. The van der Waals surface area contributed by atoms with E-state index in [1.54, 1.807) is 22.7 Å². The molecule has 0 aliphatic rings. The molecule has 0 spiro atoms. The molecular weight excluding hydrogens is 292 g/mol. The number of nitrogens with zero attached hydrogens (tertiary/aromatic N) is 1. The molecule has 20 heavy (non-hydrogen) atoms. The average molecular weight is 310 g/mol. The molecule has 1 amide bonds. The Hall–Kier alpha value is -1.24. The van der Waals surface area contributed by atoms with Gasteiger partial charge in [0.2, 0.25) is 5.91 Å². The van der Waals surface area contributed by atoms with Crippen LogP contribution in [0.2, 0.25) is 0 Å². The number of thiophene rings is 1. The van der Waals surface area contributed by atoms with Gasteiger partial charge in [0.1, 0.15) is 5.01 Å². The first kappa shape index (κ1) is 15.2. The maximum atomic E-state index is 11.9. The van der Waals surface area contributed by atoms with Gasteiger partial charge in [-0.15, -0.1) is 11.3 Å². The van der Waals surface area contributed by atoms with Crippen molar-refractivity contribution in [3.8, 4) is 10.6 Å². The number of aromatic nitrogens is 1. The molecule has 2 aromatic heterocycles. The van der Waals surface area contributed by atoms with Crippen LogP contribution in [0.15, 0.2) is 22.2 Å². The van der Waals surface area contributed by atoms with Gasteiger partial charge in [0.05, 0.1) is 24.8 Å². The van der Waals surface area contributed by atoms with Crippen molar-refractivity contribution in [1.29, 1.82) is 0 Å². The van der Waals surface area contributed by atoms with E-state index in [1.807, 2.05) is 36.1 Å². The van der Waals surface area contributed by atoms with Crippen molar-refractivity contribution < 1.29 is 9.90 Å². The molecule has 0 aliphatic heterocycles. The minimum absolute atomic E-state index is 0.0410. The highest BCUT2D eigenvalue weighted by atomic mass is 32.1. The van der Waals surface area contributed by atoms with E-state index in [9.17, 15) is 9.90 Å². The molecule has 0 aliphatic carbocycles. The summed E-state index contributed by atoms with van der Waals surface area (Å²) < 4.78 is 0. The van der Waals surface area contributed by atoms with Crippen LogP contribution in [-0.4, -0.2) is 28.6 Å². The molecule has 108 valence electrons. The van der Waals surface area contributed by atoms with E-state index in [2.05, 4.69) is 10.3 Å². The lowest BCUT2D eigenvalue weighted by atomic mass is 10.1. The summed E-state index contributed by atoms with van der Waals surface area (Å²) in [5.41, 5.74) is 1.87. The van der Waals surface area contributed by atoms with E-state index in [0.717, 1.165) is 16.3 Å². The molecule has 2 N–H and O–H groups in total. The van der Waals surface area contributed by atoms with Crippen molar-refractivity contribution >= 4 is 28.6 Å². The Kier molecular flexibility index (Phi) is 5.28. The molecular formula is C14H18N2O2S2. The van der Waals surface area contributed by atoms with Gasteiger partial charge < -0.3 is 10.4 Å². The van der Waals surface area contributed by atoms with Crippen molar-refractivity contribution in [2.24, 2.45) is 5.92 Å². The van der Waals surface area contributed by atoms with Crippen LogP contribution >= 0.6 is 22.7 Å². The zero-order chi connectivity index (χ0) is 14.5. The summed E-state index contributed by atoms with van der Waals surface area (Å²) in [6, 6.07) is 1.82. The number of nitrogens with one attached hydrogen (secondary N) is 1. The fraction of sp³-hybridized carbons (Fsp3) is 0.429. The molecule has 2 heterocycles. The molecule has 2 aromatic rings. The lowest BCUT2D eigenvalue weighted by Gasteiger charge is -2.19. The Morgan fingerprint density at radius 2 is 2.25 bits per heavy atom. The van der Waals surface area contributed by atoms with Gasteiger partial charge in [-0.3, -0.25) is 4.79 Å². The topological polar surface area (TPSA) is 62.2 Å². The van der Waals surface area contributed by atoms with E-state index < -0.39 is 0 Å². The van der Waals surface area contributed by atoms with Crippen LogP contribution < -0.4 is 5.32 Å². The molecule has 2 rings (SSSR count). The molecule has 0 saturated heterocycles. The third kappa shape index (κ3) is 3.88. The number of hydrogen-bond acceptors (Lipinski definition) is 5. The highest BCUT2D eigenvalue weighted by Gasteiger charge is 2.16. The highest BCUT2D eigenvalue weighted by Crippen LogP contribution is 2.25. The number of carbonyl (C=O) groups excluding carboxylic acids is 1. The van der Waals surface area contributed by atoms with Crippen LogP contribution in [0.4, 0.5) is 0 Å². The number of aliphatic hydroxyl groups excluding tert-OH is 1. The maximum Gasteiger partial charge on any atom is 0.226 e. The predicted octanol–water partition coefficient (Wildman–Crippen LogP) is 2.55. The smallest absolute Gasteiger partial charge is 0.226 e. The first-order valence-corrected chi connectivity index (χ1v) is 8.29. The zero-order valence-corrected chi connectivity index (χ0v) is 13.1. The Balaban J connectivity index is 1.95. The molecule has 1 atom stereocenters. The highest BCUT2D eigenvalue weighted by molar-refractivity contribution is 7.14. The minimum Gasteiger partial charge on any atom is -0.394 e. The first-order chi connectivity index (χ1) is 9.60. The van der Waals surface area contributed by atoms with Crippen molar-refractivity contribution in [3.63, 3.8) is 0 Å².